The second kappa shape index (κ2) is 9.26. The lowest BCUT2D eigenvalue weighted by Gasteiger charge is -2.35. The Balaban J connectivity index is 1.39. The molecule has 1 aliphatic rings. The van der Waals surface area contributed by atoms with E-state index in [9.17, 15) is 0 Å². The molecule has 2 atom stereocenters. The van der Waals surface area contributed by atoms with Crippen molar-refractivity contribution < 1.29 is 4.74 Å². The zero-order chi connectivity index (χ0) is 18.4. The fourth-order valence-corrected chi connectivity index (χ4v) is 3.69. The van der Waals surface area contributed by atoms with Crippen molar-refractivity contribution in [3.8, 4) is 11.3 Å². The molecular weight excluding hydrogens is 326 g/mol. The molecule has 1 fully saturated rings. The molecule has 6 nitrogen and oxygen atoms in total. The molecule has 142 valence electrons. The van der Waals surface area contributed by atoms with Crippen LogP contribution in [0.3, 0.4) is 0 Å². The molecular formula is C20H31N5O. The van der Waals surface area contributed by atoms with Crippen molar-refractivity contribution in [2.45, 2.75) is 45.4 Å². The number of hydrogen-bond donors (Lipinski definition) is 1. The van der Waals surface area contributed by atoms with Gasteiger partial charge in [-0.25, -0.2) is 0 Å². The van der Waals surface area contributed by atoms with Crippen LogP contribution < -0.4 is 5.32 Å². The molecule has 0 aromatic carbocycles. The molecule has 6 heteroatoms. The quantitative estimate of drug-likeness (QED) is 0.736. The summed E-state index contributed by atoms with van der Waals surface area (Å²) in [5.41, 5.74) is 3.31. The van der Waals surface area contributed by atoms with Gasteiger partial charge in [0, 0.05) is 56.4 Å². The Morgan fingerprint density at radius 2 is 2.04 bits per heavy atom. The molecule has 0 radical (unpaired) electrons. The summed E-state index contributed by atoms with van der Waals surface area (Å²) in [6.07, 6.45) is 8.86. The predicted octanol–water partition coefficient (Wildman–Crippen LogP) is 2.46. The van der Waals surface area contributed by atoms with Crippen LogP contribution in [0, 0.1) is 0 Å². The lowest BCUT2D eigenvalue weighted by molar-refractivity contribution is -0.0681. The Bertz CT molecular complexity index is 662. The maximum Gasteiger partial charge on any atom is 0.0983 e. The lowest BCUT2D eigenvalue weighted by atomic mass is 10.1. The fraction of sp³-hybridized carbons (Fsp3) is 0.600. The van der Waals surface area contributed by atoms with E-state index >= 15 is 0 Å². The second-order valence-electron chi connectivity index (χ2n) is 7.32. The van der Waals surface area contributed by atoms with Crippen LogP contribution >= 0.6 is 0 Å². The van der Waals surface area contributed by atoms with E-state index in [1.54, 1.807) is 6.20 Å². The van der Waals surface area contributed by atoms with Crippen molar-refractivity contribution >= 4 is 0 Å². The van der Waals surface area contributed by atoms with Crippen LogP contribution in [0.5, 0.6) is 0 Å². The first-order chi connectivity index (χ1) is 12.6. The molecule has 1 N–H and O–H groups in total. The number of ether oxygens (including phenoxy) is 1. The Morgan fingerprint density at radius 3 is 2.77 bits per heavy atom. The minimum atomic E-state index is 0.355. The van der Waals surface area contributed by atoms with Gasteiger partial charge in [0.2, 0.25) is 0 Å². The summed E-state index contributed by atoms with van der Waals surface area (Å²) in [7, 11) is 1.97. The normalized spacial score (nSPS) is 21.2. The van der Waals surface area contributed by atoms with Crippen molar-refractivity contribution in [3.63, 3.8) is 0 Å². The van der Waals surface area contributed by atoms with E-state index in [1.807, 2.05) is 24.0 Å². The molecule has 2 aromatic heterocycles. The highest BCUT2D eigenvalue weighted by atomic mass is 16.5. The highest BCUT2D eigenvalue weighted by Crippen LogP contribution is 2.20. The van der Waals surface area contributed by atoms with Crippen LogP contribution in [0.1, 0.15) is 32.3 Å². The van der Waals surface area contributed by atoms with E-state index in [-0.39, 0.29) is 0 Å². The third-order valence-electron chi connectivity index (χ3n) is 4.73. The molecule has 0 aliphatic carbocycles. The number of unbranched alkanes of at least 4 members (excludes halogenated alkanes) is 1. The molecule has 0 spiro atoms. The van der Waals surface area contributed by atoms with Gasteiger partial charge in [-0.1, -0.05) is 0 Å². The Labute approximate surface area is 156 Å². The van der Waals surface area contributed by atoms with E-state index in [4.69, 9.17) is 4.74 Å². The van der Waals surface area contributed by atoms with Crippen molar-refractivity contribution in [3.05, 3.63) is 36.3 Å². The van der Waals surface area contributed by atoms with E-state index in [1.165, 1.54) is 18.4 Å². The van der Waals surface area contributed by atoms with E-state index in [0.29, 0.717) is 12.2 Å². The number of nitrogens with zero attached hydrogens (tertiary/aromatic N) is 4. The predicted molar refractivity (Wildman–Crippen MR) is 104 cm³/mol. The molecule has 3 rings (SSSR count). The molecule has 2 unspecified atom stereocenters. The van der Waals surface area contributed by atoms with Gasteiger partial charge >= 0.3 is 0 Å². The third kappa shape index (κ3) is 5.37. The zero-order valence-corrected chi connectivity index (χ0v) is 16.2. The van der Waals surface area contributed by atoms with Crippen LogP contribution in [0.25, 0.3) is 11.3 Å². The van der Waals surface area contributed by atoms with Gasteiger partial charge in [-0.05, 0) is 51.9 Å². The minimum Gasteiger partial charge on any atom is -0.373 e. The van der Waals surface area contributed by atoms with Gasteiger partial charge in [-0.15, -0.1) is 0 Å². The summed E-state index contributed by atoms with van der Waals surface area (Å²) in [4.78, 5) is 6.73. The van der Waals surface area contributed by atoms with Gasteiger partial charge in [-0.2, -0.15) is 5.10 Å². The highest BCUT2D eigenvalue weighted by molar-refractivity contribution is 5.61. The van der Waals surface area contributed by atoms with Crippen molar-refractivity contribution in [1.29, 1.82) is 0 Å². The van der Waals surface area contributed by atoms with Crippen LogP contribution in [0.15, 0.2) is 30.7 Å². The van der Waals surface area contributed by atoms with Crippen molar-refractivity contribution in [2.75, 3.05) is 26.2 Å². The van der Waals surface area contributed by atoms with Crippen LogP contribution in [-0.2, 0) is 18.3 Å². The average molecular weight is 358 g/mol. The maximum atomic E-state index is 5.79. The van der Waals surface area contributed by atoms with Gasteiger partial charge < -0.3 is 10.1 Å². The number of morpholine rings is 1. The van der Waals surface area contributed by atoms with Crippen molar-refractivity contribution in [1.82, 2.24) is 25.0 Å². The first-order valence-electron chi connectivity index (χ1n) is 9.63. The monoisotopic (exact) mass is 357 g/mol. The van der Waals surface area contributed by atoms with E-state index in [2.05, 4.69) is 46.4 Å². The summed E-state index contributed by atoms with van der Waals surface area (Å²) < 4.78 is 7.67. The van der Waals surface area contributed by atoms with E-state index in [0.717, 1.165) is 44.0 Å². The molecule has 3 heterocycles. The summed E-state index contributed by atoms with van der Waals surface area (Å²) in [6.45, 7) is 9.47. The first kappa shape index (κ1) is 19.0. The second-order valence-corrected chi connectivity index (χ2v) is 7.32. The zero-order valence-electron chi connectivity index (χ0n) is 16.2. The largest absolute Gasteiger partial charge is 0.373 e. The highest BCUT2D eigenvalue weighted by Gasteiger charge is 2.21. The fourth-order valence-electron chi connectivity index (χ4n) is 3.69. The van der Waals surface area contributed by atoms with Gasteiger partial charge in [0.15, 0.2) is 0 Å². The number of nitrogens with one attached hydrogen (secondary N) is 1. The number of pyridine rings is 1. The number of aryl methyl sites for hydroxylation is 1. The number of hydrogen-bond acceptors (Lipinski definition) is 5. The molecule has 1 aliphatic heterocycles. The molecule has 1 saturated heterocycles. The Morgan fingerprint density at radius 1 is 1.23 bits per heavy atom. The van der Waals surface area contributed by atoms with Crippen LogP contribution in [-0.4, -0.2) is 58.1 Å². The molecule has 0 saturated carbocycles. The maximum absolute atomic E-state index is 5.79. The molecule has 2 aromatic rings. The molecule has 0 amide bonds. The molecule has 26 heavy (non-hydrogen) atoms. The smallest absolute Gasteiger partial charge is 0.0983 e. The van der Waals surface area contributed by atoms with Crippen LogP contribution in [0.2, 0.25) is 0 Å². The average Bonchev–Trinajstić information content (AvgIpc) is 2.98. The summed E-state index contributed by atoms with van der Waals surface area (Å²) in [5.74, 6) is 0. The first-order valence-corrected chi connectivity index (χ1v) is 9.63. The van der Waals surface area contributed by atoms with E-state index < -0.39 is 0 Å². The summed E-state index contributed by atoms with van der Waals surface area (Å²) in [6, 6.07) is 4.01. The number of aromatic nitrogens is 3. The lowest BCUT2D eigenvalue weighted by Crippen LogP contribution is -2.45. The Hall–Kier alpha value is -1.76. The van der Waals surface area contributed by atoms with Gasteiger partial charge in [0.1, 0.15) is 0 Å². The van der Waals surface area contributed by atoms with Crippen LogP contribution in [0.4, 0.5) is 0 Å². The van der Waals surface area contributed by atoms with Crippen molar-refractivity contribution in [2.24, 2.45) is 7.05 Å². The minimum absolute atomic E-state index is 0.355. The van der Waals surface area contributed by atoms with Gasteiger partial charge in [-0.3, -0.25) is 14.6 Å². The topological polar surface area (TPSA) is 55.2 Å². The summed E-state index contributed by atoms with van der Waals surface area (Å²) >= 11 is 0. The SMILES string of the molecule is CC1CN(CCCCNCc2cn(C)nc2-c2cccnc2)CC(C)O1. The van der Waals surface area contributed by atoms with Gasteiger partial charge in [0.05, 0.1) is 17.9 Å². The third-order valence-corrected chi connectivity index (χ3v) is 4.73. The summed E-state index contributed by atoms with van der Waals surface area (Å²) in [5, 5.41) is 8.15. The standard InChI is InChI=1S/C20H31N5O/c1-16-13-25(14-17(2)26-16)10-5-4-8-21-12-19-15-24(3)23-20(19)18-7-6-9-22-11-18/h6-7,9,11,15-17,21H,4-5,8,10,12-14H2,1-3H3. The van der Waals surface area contributed by atoms with Gasteiger partial charge in [0.25, 0.3) is 0 Å². The molecule has 0 bridgehead atoms. The number of rotatable bonds is 8. The Kier molecular flexibility index (Phi) is 6.77.